The maximum absolute atomic E-state index is 10.4. The van der Waals surface area contributed by atoms with Crippen LogP contribution in [-0.2, 0) is 14.2 Å². The van der Waals surface area contributed by atoms with Crippen LogP contribution in [0.2, 0.25) is 0 Å². The summed E-state index contributed by atoms with van der Waals surface area (Å²) in [6.45, 7) is -0.571. The second kappa shape index (κ2) is 11.2. The molecule has 0 aromatic heterocycles. The molecule has 3 aliphatic rings. The van der Waals surface area contributed by atoms with Crippen LogP contribution in [-0.4, -0.2) is 92.3 Å². The Hall–Kier alpha value is -2.64. The first-order valence-corrected chi connectivity index (χ1v) is 12.0. The zero-order valence-electron chi connectivity index (χ0n) is 27.0. The summed E-state index contributed by atoms with van der Waals surface area (Å²) in [7, 11) is 3.87. The van der Waals surface area contributed by atoms with Gasteiger partial charge in [0.25, 0.3) is 0 Å². The molecule has 4 N–H and O–H groups in total. The Kier molecular flexibility index (Phi) is 5.99. The smallest absolute Gasteiger partial charge is 0.229 e. The lowest BCUT2D eigenvalue weighted by molar-refractivity contribution is -0.277. The lowest BCUT2D eigenvalue weighted by atomic mass is 9.85. The lowest BCUT2D eigenvalue weighted by Gasteiger charge is -2.39. The van der Waals surface area contributed by atoms with Crippen molar-refractivity contribution in [1.82, 2.24) is 0 Å². The molecule has 38 heavy (non-hydrogen) atoms. The zero-order chi connectivity index (χ0) is 32.2. The van der Waals surface area contributed by atoms with Gasteiger partial charge in [0.1, 0.15) is 24.4 Å². The maximum atomic E-state index is 10.4. The molecule has 3 fully saturated rings. The monoisotopic (exact) mass is 540 g/mol. The number of rotatable bonds is 8. The van der Waals surface area contributed by atoms with Gasteiger partial charge in [0.15, 0.2) is 23.0 Å². The van der Waals surface area contributed by atoms with Crippen LogP contribution in [0.15, 0.2) is 36.3 Å². The summed E-state index contributed by atoms with van der Waals surface area (Å²) >= 11 is 0. The van der Waals surface area contributed by atoms with E-state index >= 15 is 0 Å². The minimum Gasteiger partial charge on any atom is -0.493 e. The molecule has 2 aromatic rings. The SMILES string of the molecule is [2H]c1c([2H])c(C2OCC3C(c4c([2H])c([2H])c(OC5OC(CO)C(O)C(O)C5O)c(OC)c4[2H])OCC23)c([2H])c(OC)c1OC. The van der Waals surface area contributed by atoms with Crippen LogP contribution in [0.4, 0.5) is 0 Å². The molecule has 0 radical (unpaired) electrons. The standard InChI is InChI=1S/C27H34O11/c1-32-17-6-4-13(8-19(17)33-2)25-15-11-36-26(16(15)12-35-25)14-5-7-18(20(9-14)34-3)37-27-24(31)23(30)22(29)21(10-28)38-27/h4-9,15-16,21-31H,10-12H2,1-3H3/i4D,5D,6D,7D,8D,9D. The molecule has 11 nitrogen and oxygen atoms in total. The number of ether oxygens (including phenoxy) is 7. The Morgan fingerprint density at radius 2 is 1.29 bits per heavy atom. The van der Waals surface area contributed by atoms with Crippen molar-refractivity contribution in [3.63, 3.8) is 0 Å². The zero-order valence-corrected chi connectivity index (χ0v) is 21.0. The Morgan fingerprint density at radius 3 is 1.82 bits per heavy atom. The van der Waals surface area contributed by atoms with Crippen LogP contribution in [0.1, 0.15) is 31.6 Å². The van der Waals surface area contributed by atoms with Crippen molar-refractivity contribution in [2.24, 2.45) is 11.8 Å². The van der Waals surface area contributed by atoms with Crippen LogP contribution in [0.3, 0.4) is 0 Å². The van der Waals surface area contributed by atoms with Crippen LogP contribution >= 0.6 is 0 Å². The van der Waals surface area contributed by atoms with Gasteiger partial charge in [0.05, 0.1) is 61.6 Å². The van der Waals surface area contributed by atoms with Gasteiger partial charge in [0.2, 0.25) is 6.29 Å². The van der Waals surface area contributed by atoms with Crippen molar-refractivity contribution in [2.45, 2.75) is 42.9 Å². The molecule has 0 amide bonds. The van der Waals surface area contributed by atoms with Crippen molar-refractivity contribution in [3.8, 4) is 23.0 Å². The van der Waals surface area contributed by atoms with Gasteiger partial charge in [0, 0.05) is 11.8 Å². The second-order valence-electron chi connectivity index (χ2n) is 9.16. The van der Waals surface area contributed by atoms with Gasteiger partial charge >= 0.3 is 0 Å². The minimum absolute atomic E-state index is 0.00789. The molecule has 0 saturated carbocycles. The molecule has 3 aliphatic heterocycles. The minimum atomic E-state index is -1.80. The highest BCUT2D eigenvalue weighted by Crippen LogP contribution is 2.51. The number of hydrogen-bond donors (Lipinski definition) is 4. The molecule has 0 aliphatic carbocycles. The number of aliphatic hydroxyl groups is 4. The average molecular weight is 541 g/mol. The van der Waals surface area contributed by atoms with E-state index in [9.17, 15) is 20.4 Å². The predicted octanol–water partition coefficient (Wildman–Crippen LogP) is 0.966. The average Bonchev–Trinajstić information content (AvgIpc) is 3.61. The molecule has 9 atom stereocenters. The Bertz CT molecular complexity index is 1410. The van der Waals surface area contributed by atoms with E-state index in [1.165, 1.54) is 21.3 Å². The Morgan fingerprint density at radius 1 is 0.763 bits per heavy atom. The number of hydrogen-bond acceptors (Lipinski definition) is 11. The van der Waals surface area contributed by atoms with Crippen molar-refractivity contribution in [2.75, 3.05) is 41.2 Å². The van der Waals surface area contributed by atoms with Crippen molar-refractivity contribution >= 4 is 0 Å². The summed E-state index contributed by atoms with van der Waals surface area (Å²) in [6.07, 6.45) is -9.88. The third-order valence-corrected chi connectivity index (χ3v) is 7.06. The molecule has 3 heterocycles. The van der Waals surface area contributed by atoms with E-state index in [4.69, 9.17) is 41.4 Å². The lowest BCUT2D eigenvalue weighted by Crippen LogP contribution is -2.60. The molecular weight excluding hydrogens is 500 g/mol. The largest absolute Gasteiger partial charge is 0.493 e. The van der Waals surface area contributed by atoms with Gasteiger partial charge in [-0.05, 0) is 35.3 Å². The number of methoxy groups -OCH3 is 3. The van der Waals surface area contributed by atoms with Gasteiger partial charge in [-0.15, -0.1) is 0 Å². The molecule has 5 rings (SSSR count). The quantitative estimate of drug-likeness (QED) is 0.380. The van der Waals surface area contributed by atoms with E-state index in [1.807, 2.05) is 0 Å². The summed E-state index contributed by atoms with van der Waals surface area (Å²) in [6, 6.07) is -2.00. The molecule has 3 saturated heterocycles. The summed E-state index contributed by atoms with van der Waals surface area (Å²) in [4.78, 5) is 0. The van der Waals surface area contributed by atoms with E-state index in [0.29, 0.717) is 0 Å². The molecular formula is C27H34O11. The van der Waals surface area contributed by atoms with Gasteiger partial charge in [-0.2, -0.15) is 0 Å². The summed E-state index contributed by atoms with van der Waals surface area (Å²) in [5.41, 5.74) is 0.138. The first-order valence-electron chi connectivity index (χ1n) is 15.0. The van der Waals surface area contributed by atoms with E-state index < -0.39 is 79.2 Å². The molecule has 9 unspecified atom stereocenters. The maximum Gasteiger partial charge on any atom is 0.229 e. The first-order chi connectivity index (χ1) is 20.9. The number of fused-ring (bicyclic) bond motifs is 1. The van der Waals surface area contributed by atoms with Crippen LogP contribution < -0.4 is 18.9 Å². The molecule has 0 spiro atoms. The molecule has 11 heteroatoms. The molecule has 0 bridgehead atoms. The fourth-order valence-electron chi connectivity index (χ4n) is 5.00. The third-order valence-electron chi connectivity index (χ3n) is 7.06. The summed E-state index contributed by atoms with van der Waals surface area (Å²) < 4.78 is 91.0. The van der Waals surface area contributed by atoms with Crippen LogP contribution in [0.5, 0.6) is 23.0 Å². The first kappa shape index (κ1) is 20.3. The number of benzene rings is 2. The predicted molar refractivity (Wildman–Crippen MR) is 131 cm³/mol. The highest BCUT2D eigenvalue weighted by atomic mass is 16.7. The van der Waals surface area contributed by atoms with Crippen LogP contribution in [0.25, 0.3) is 0 Å². The van der Waals surface area contributed by atoms with Gasteiger partial charge in [-0.1, -0.05) is 12.1 Å². The topological polar surface area (TPSA) is 146 Å². The number of aliphatic hydroxyl groups excluding tert-OH is 4. The second-order valence-corrected chi connectivity index (χ2v) is 9.16. The van der Waals surface area contributed by atoms with Crippen molar-refractivity contribution < 1.29 is 61.8 Å². The summed E-state index contributed by atoms with van der Waals surface area (Å²) in [5.74, 6) is -1.66. The highest BCUT2D eigenvalue weighted by Gasteiger charge is 2.49. The van der Waals surface area contributed by atoms with Gasteiger partial charge < -0.3 is 53.6 Å². The van der Waals surface area contributed by atoms with Crippen LogP contribution in [0, 0.1) is 11.8 Å². The van der Waals surface area contributed by atoms with E-state index in [-0.39, 0.29) is 65.8 Å². The van der Waals surface area contributed by atoms with Crippen molar-refractivity contribution in [3.05, 3.63) is 47.4 Å². The third kappa shape index (κ3) is 4.79. The Balaban J connectivity index is 1.48. The van der Waals surface area contributed by atoms with E-state index in [1.54, 1.807) is 0 Å². The van der Waals surface area contributed by atoms with E-state index in [2.05, 4.69) is 0 Å². The van der Waals surface area contributed by atoms with Gasteiger partial charge in [-0.25, -0.2) is 0 Å². The fraction of sp³-hybridized carbons (Fsp3) is 0.556. The normalized spacial score (nSPS) is 36.8. The van der Waals surface area contributed by atoms with E-state index in [0.717, 1.165) is 0 Å². The highest BCUT2D eigenvalue weighted by molar-refractivity contribution is 5.45. The van der Waals surface area contributed by atoms with Gasteiger partial charge in [-0.3, -0.25) is 0 Å². The summed E-state index contributed by atoms with van der Waals surface area (Å²) in [5, 5.41) is 40.1. The fourth-order valence-corrected chi connectivity index (χ4v) is 5.00. The molecule has 208 valence electrons. The Labute approximate surface area is 228 Å². The molecule has 2 aromatic carbocycles. The van der Waals surface area contributed by atoms with Crippen molar-refractivity contribution in [1.29, 1.82) is 0 Å².